The number of carbonyl (C=O) groups excluding carboxylic acids is 2. The van der Waals surface area contributed by atoms with Crippen LogP contribution < -0.4 is 4.74 Å². The third-order valence-electron chi connectivity index (χ3n) is 3.58. The summed E-state index contributed by atoms with van der Waals surface area (Å²) in [5, 5.41) is 0. The molecule has 2 aromatic carbocycles. The summed E-state index contributed by atoms with van der Waals surface area (Å²) in [6.07, 6.45) is 0. The van der Waals surface area contributed by atoms with Crippen molar-refractivity contribution < 1.29 is 19.1 Å². The van der Waals surface area contributed by atoms with E-state index >= 15 is 0 Å². The molecule has 118 valence electrons. The van der Waals surface area contributed by atoms with Crippen LogP contribution in [0.5, 0.6) is 5.75 Å². The molecule has 2 rings (SSSR count). The van der Waals surface area contributed by atoms with Gasteiger partial charge in [0, 0.05) is 11.1 Å². The molecule has 0 fully saturated rings. The number of hydrogen-bond acceptors (Lipinski definition) is 4. The van der Waals surface area contributed by atoms with Gasteiger partial charge in [0.25, 0.3) is 0 Å². The summed E-state index contributed by atoms with van der Waals surface area (Å²) < 4.78 is 10.1. The minimum Gasteiger partial charge on any atom is -0.496 e. The van der Waals surface area contributed by atoms with E-state index in [1.807, 2.05) is 18.2 Å². The van der Waals surface area contributed by atoms with Gasteiger partial charge in [0.1, 0.15) is 5.75 Å². The van der Waals surface area contributed by atoms with Gasteiger partial charge in [-0.3, -0.25) is 4.79 Å². The van der Waals surface area contributed by atoms with Crippen molar-refractivity contribution >= 4 is 17.3 Å². The van der Waals surface area contributed by atoms with Gasteiger partial charge in [-0.05, 0) is 24.1 Å². The molecule has 0 radical (unpaired) electrons. The zero-order chi connectivity index (χ0) is 17.0. The fourth-order valence-electron chi connectivity index (χ4n) is 2.49. The van der Waals surface area contributed by atoms with Crippen molar-refractivity contribution in [3.63, 3.8) is 0 Å². The first kappa shape index (κ1) is 16.5. The number of Topliss-reactive ketones (excluding diaryl/α,β-unsaturated/α-hetero) is 1. The first-order valence-electron chi connectivity index (χ1n) is 7.06. The van der Waals surface area contributed by atoms with Gasteiger partial charge in [0.05, 0.1) is 19.8 Å². The van der Waals surface area contributed by atoms with Gasteiger partial charge in [-0.1, -0.05) is 43.0 Å². The Kier molecular flexibility index (Phi) is 4.96. The Morgan fingerprint density at radius 1 is 0.957 bits per heavy atom. The van der Waals surface area contributed by atoms with Crippen LogP contribution in [0.2, 0.25) is 0 Å². The van der Waals surface area contributed by atoms with Crippen LogP contribution in [0.15, 0.2) is 49.0 Å². The second-order valence-electron chi connectivity index (χ2n) is 4.95. The maximum Gasteiger partial charge on any atom is 0.338 e. The minimum absolute atomic E-state index is 0.0574. The van der Waals surface area contributed by atoms with E-state index in [2.05, 4.69) is 6.58 Å². The van der Waals surface area contributed by atoms with Crippen molar-refractivity contribution in [2.24, 2.45) is 0 Å². The molecule has 23 heavy (non-hydrogen) atoms. The van der Waals surface area contributed by atoms with Crippen LogP contribution >= 0.6 is 0 Å². The number of methoxy groups -OCH3 is 2. The van der Waals surface area contributed by atoms with E-state index in [0.717, 1.165) is 5.56 Å². The van der Waals surface area contributed by atoms with Crippen molar-refractivity contribution in [1.29, 1.82) is 0 Å². The first-order chi connectivity index (χ1) is 11.0. The molecular formula is C19H18O4. The zero-order valence-electron chi connectivity index (χ0n) is 13.4. The van der Waals surface area contributed by atoms with E-state index in [0.29, 0.717) is 22.4 Å². The lowest BCUT2D eigenvalue weighted by Gasteiger charge is -2.16. The minimum atomic E-state index is -0.545. The predicted molar refractivity (Wildman–Crippen MR) is 89.5 cm³/mol. The molecule has 0 saturated heterocycles. The van der Waals surface area contributed by atoms with Crippen LogP contribution in [-0.4, -0.2) is 26.0 Å². The largest absolute Gasteiger partial charge is 0.496 e. The molecule has 4 nitrogen and oxygen atoms in total. The highest BCUT2D eigenvalue weighted by Crippen LogP contribution is 2.37. The topological polar surface area (TPSA) is 52.6 Å². The molecule has 0 heterocycles. The van der Waals surface area contributed by atoms with Crippen molar-refractivity contribution in [2.45, 2.75) is 6.92 Å². The quantitative estimate of drug-likeness (QED) is 0.479. The molecule has 0 saturated carbocycles. The third kappa shape index (κ3) is 3.16. The fraction of sp³-hybridized carbons (Fsp3) is 0.158. The Morgan fingerprint density at radius 3 is 2.22 bits per heavy atom. The summed E-state index contributed by atoms with van der Waals surface area (Å²) in [5.41, 5.74) is 2.69. The van der Waals surface area contributed by atoms with Crippen LogP contribution in [0.3, 0.4) is 0 Å². The number of benzene rings is 2. The van der Waals surface area contributed by atoms with Crippen molar-refractivity contribution in [3.05, 3.63) is 60.2 Å². The lowest BCUT2D eigenvalue weighted by Crippen LogP contribution is -2.06. The maximum atomic E-state index is 11.9. The number of carbonyl (C=O) groups is 2. The molecule has 0 unspecified atom stereocenters. The number of ketones is 1. The van der Waals surface area contributed by atoms with Gasteiger partial charge in [-0.2, -0.15) is 0 Å². The van der Waals surface area contributed by atoms with Gasteiger partial charge in [0.15, 0.2) is 5.78 Å². The molecule has 0 aliphatic rings. The summed E-state index contributed by atoms with van der Waals surface area (Å²) in [4.78, 5) is 23.9. The molecule has 0 spiro atoms. The number of esters is 1. The van der Waals surface area contributed by atoms with Crippen LogP contribution in [0, 0.1) is 0 Å². The summed E-state index contributed by atoms with van der Waals surface area (Å²) in [7, 11) is 2.82. The van der Waals surface area contributed by atoms with Crippen LogP contribution in [0.4, 0.5) is 0 Å². The van der Waals surface area contributed by atoms with Crippen molar-refractivity contribution in [1.82, 2.24) is 0 Å². The van der Waals surface area contributed by atoms with E-state index in [1.165, 1.54) is 21.1 Å². The average Bonchev–Trinajstić information content (AvgIpc) is 2.59. The standard InChI is InChI=1S/C19H18O4/c1-12(19(21)23-4)18-16(10-7-11-17(18)22-3)15-9-6-5-8-14(15)13(2)20/h5-11H,1H2,2-4H3. The number of hydrogen-bond donors (Lipinski definition) is 0. The molecule has 0 aromatic heterocycles. The first-order valence-corrected chi connectivity index (χ1v) is 7.06. The lowest BCUT2D eigenvalue weighted by atomic mass is 9.90. The fourth-order valence-corrected chi connectivity index (χ4v) is 2.49. The molecule has 0 bridgehead atoms. The third-order valence-corrected chi connectivity index (χ3v) is 3.58. The van der Waals surface area contributed by atoms with E-state index in [1.54, 1.807) is 24.3 Å². The summed E-state index contributed by atoms with van der Waals surface area (Å²) >= 11 is 0. The zero-order valence-corrected chi connectivity index (χ0v) is 13.4. The van der Waals surface area contributed by atoms with Gasteiger partial charge in [-0.25, -0.2) is 4.79 Å². The highest BCUT2D eigenvalue weighted by Gasteiger charge is 2.21. The summed E-state index contributed by atoms with van der Waals surface area (Å²) in [6, 6.07) is 12.6. The molecule has 0 amide bonds. The smallest absolute Gasteiger partial charge is 0.338 e. The van der Waals surface area contributed by atoms with Crippen LogP contribution in [-0.2, 0) is 9.53 Å². The highest BCUT2D eigenvalue weighted by molar-refractivity contribution is 6.19. The SMILES string of the molecule is C=C(C(=O)OC)c1c(OC)cccc1-c1ccccc1C(C)=O. The van der Waals surface area contributed by atoms with Gasteiger partial charge in [0.2, 0.25) is 0 Å². The van der Waals surface area contributed by atoms with E-state index < -0.39 is 5.97 Å². The van der Waals surface area contributed by atoms with Crippen LogP contribution in [0.1, 0.15) is 22.8 Å². The molecule has 4 heteroatoms. The molecule has 0 aliphatic heterocycles. The lowest BCUT2D eigenvalue weighted by molar-refractivity contribution is -0.133. The predicted octanol–water partition coefficient (Wildman–Crippen LogP) is 3.75. The van der Waals surface area contributed by atoms with Gasteiger partial charge < -0.3 is 9.47 Å². The molecule has 0 atom stereocenters. The van der Waals surface area contributed by atoms with Crippen molar-refractivity contribution in [2.75, 3.05) is 14.2 Å². The van der Waals surface area contributed by atoms with E-state index in [-0.39, 0.29) is 11.4 Å². The molecule has 2 aromatic rings. The average molecular weight is 310 g/mol. The number of ether oxygens (including phenoxy) is 2. The Labute approximate surface area is 135 Å². The molecular weight excluding hydrogens is 292 g/mol. The van der Waals surface area contributed by atoms with Crippen molar-refractivity contribution in [3.8, 4) is 16.9 Å². The Balaban J connectivity index is 2.76. The Hall–Kier alpha value is -2.88. The van der Waals surface area contributed by atoms with E-state index in [4.69, 9.17) is 9.47 Å². The van der Waals surface area contributed by atoms with E-state index in [9.17, 15) is 9.59 Å². The monoisotopic (exact) mass is 310 g/mol. The van der Waals surface area contributed by atoms with Gasteiger partial charge >= 0.3 is 5.97 Å². The Morgan fingerprint density at radius 2 is 1.61 bits per heavy atom. The van der Waals surface area contributed by atoms with Gasteiger partial charge in [-0.15, -0.1) is 0 Å². The Bertz CT molecular complexity index is 775. The number of rotatable bonds is 5. The second-order valence-corrected chi connectivity index (χ2v) is 4.95. The maximum absolute atomic E-state index is 11.9. The summed E-state index contributed by atoms with van der Waals surface area (Å²) in [5.74, 6) is -0.106. The molecule has 0 aliphatic carbocycles. The highest BCUT2D eigenvalue weighted by atomic mass is 16.5. The second kappa shape index (κ2) is 6.92. The normalized spacial score (nSPS) is 10.0. The van der Waals surface area contributed by atoms with Crippen LogP contribution in [0.25, 0.3) is 16.7 Å². The molecule has 0 N–H and O–H groups in total. The summed E-state index contributed by atoms with van der Waals surface area (Å²) in [6.45, 7) is 5.33.